The molecule has 1 unspecified atom stereocenters. The van der Waals surface area contributed by atoms with Crippen LogP contribution in [0.25, 0.3) is 11.1 Å². The number of nitrogens with two attached hydrogens (primary N) is 1. The van der Waals surface area contributed by atoms with Gasteiger partial charge in [-0.15, -0.1) is 11.3 Å². The van der Waals surface area contributed by atoms with Crippen LogP contribution >= 0.6 is 11.3 Å². The molecular formula is C18H18N6OS. The predicted molar refractivity (Wildman–Crippen MR) is 99.8 cm³/mol. The van der Waals surface area contributed by atoms with Crippen molar-refractivity contribution in [3.8, 4) is 11.1 Å². The average Bonchev–Trinajstić information content (AvgIpc) is 3.30. The molecule has 0 bridgehead atoms. The summed E-state index contributed by atoms with van der Waals surface area (Å²) in [5.74, 6) is 0.678. The maximum absolute atomic E-state index is 12.7. The van der Waals surface area contributed by atoms with Crippen molar-refractivity contribution in [3.63, 3.8) is 0 Å². The maximum Gasteiger partial charge on any atom is 0.265 e. The SMILES string of the molecule is Cc1ncsc1C(=O)N1CCC(c2ncncc2-c2ccnc(N)c2)C1. The first-order chi connectivity index (χ1) is 12.6. The number of hydrogen-bond donors (Lipinski definition) is 1. The van der Waals surface area contributed by atoms with Crippen LogP contribution in [0, 0.1) is 6.92 Å². The number of aromatic nitrogens is 4. The largest absolute Gasteiger partial charge is 0.384 e. The van der Waals surface area contributed by atoms with Crippen molar-refractivity contribution in [2.45, 2.75) is 19.3 Å². The summed E-state index contributed by atoms with van der Waals surface area (Å²) >= 11 is 1.39. The highest BCUT2D eigenvalue weighted by molar-refractivity contribution is 7.11. The first-order valence-electron chi connectivity index (χ1n) is 8.34. The molecule has 0 aliphatic carbocycles. The highest BCUT2D eigenvalue weighted by Gasteiger charge is 2.31. The summed E-state index contributed by atoms with van der Waals surface area (Å²) in [6.45, 7) is 3.22. The van der Waals surface area contributed by atoms with Crippen molar-refractivity contribution in [2.75, 3.05) is 18.8 Å². The van der Waals surface area contributed by atoms with E-state index >= 15 is 0 Å². The first-order valence-corrected chi connectivity index (χ1v) is 9.22. The van der Waals surface area contributed by atoms with Crippen molar-refractivity contribution in [3.05, 3.63) is 52.6 Å². The molecule has 0 spiro atoms. The quantitative estimate of drug-likeness (QED) is 0.765. The molecule has 1 amide bonds. The van der Waals surface area contributed by atoms with Crippen molar-refractivity contribution >= 4 is 23.1 Å². The van der Waals surface area contributed by atoms with Gasteiger partial charge < -0.3 is 10.6 Å². The molecular weight excluding hydrogens is 348 g/mol. The average molecular weight is 366 g/mol. The summed E-state index contributed by atoms with van der Waals surface area (Å²) in [4.78, 5) is 32.3. The van der Waals surface area contributed by atoms with Crippen LogP contribution in [0.5, 0.6) is 0 Å². The Morgan fingerprint density at radius 2 is 2.23 bits per heavy atom. The van der Waals surface area contributed by atoms with E-state index < -0.39 is 0 Å². The van der Waals surface area contributed by atoms with E-state index in [-0.39, 0.29) is 11.8 Å². The zero-order valence-electron chi connectivity index (χ0n) is 14.3. The molecule has 1 fully saturated rings. The van der Waals surface area contributed by atoms with Crippen molar-refractivity contribution in [2.24, 2.45) is 0 Å². The second-order valence-electron chi connectivity index (χ2n) is 6.29. The third-order valence-corrected chi connectivity index (χ3v) is 5.55. The number of nitrogen functional groups attached to an aromatic ring is 1. The highest BCUT2D eigenvalue weighted by Crippen LogP contribution is 2.34. The van der Waals surface area contributed by atoms with Crippen molar-refractivity contribution < 1.29 is 4.79 Å². The maximum atomic E-state index is 12.7. The fourth-order valence-electron chi connectivity index (χ4n) is 3.32. The molecule has 1 atom stereocenters. The van der Waals surface area contributed by atoms with Gasteiger partial charge in [0.1, 0.15) is 17.0 Å². The van der Waals surface area contributed by atoms with Gasteiger partial charge in [-0.2, -0.15) is 0 Å². The van der Waals surface area contributed by atoms with Gasteiger partial charge in [0.25, 0.3) is 5.91 Å². The van der Waals surface area contributed by atoms with Gasteiger partial charge >= 0.3 is 0 Å². The Balaban J connectivity index is 1.60. The van der Waals surface area contributed by atoms with Gasteiger partial charge in [-0.1, -0.05) is 0 Å². The van der Waals surface area contributed by atoms with E-state index in [4.69, 9.17) is 5.73 Å². The highest BCUT2D eigenvalue weighted by atomic mass is 32.1. The van der Waals surface area contributed by atoms with Gasteiger partial charge in [0, 0.05) is 37.0 Å². The number of amides is 1. The van der Waals surface area contributed by atoms with Gasteiger partial charge in [0.15, 0.2) is 0 Å². The van der Waals surface area contributed by atoms with E-state index in [0.29, 0.717) is 18.9 Å². The van der Waals surface area contributed by atoms with E-state index in [1.807, 2.05) is 24.0 Å². The lowest BCUT2D eigenvalue weighted by molar-refractivity contribution is 0.0794. The Morgan fingerprint density at radius 3 is 3.00 bits per heavy atom. The van der Waals surface area contributed by atoms with Crippen LogP contribution in [0.2, 0.25) is 0 Å². The van der Waals surface area contributed by atoms with Gasteiger partial charge in [-0.3, -0.25) is 4.79 Å². The second-order valence-corrected chi connectivity index (χ2v) is 7.15. The number of anilines is 1. The number of hydrogen-bond acceptors (Lipinski definition) is 7. The minimum absolute atomic E-state index is 0.0521. The van der Waals surface area contributed by atoms with Crippen LogP contribution in [-0.2, 0) is 0 Å². The molecule has 2 N–H and O–H groups in total. The Morgan fingerprint density at radius 1 is 1.35 bits per heavy atom. The Kier molecular flexibility index (Phi) is 4.34. The molecule has 3 aromatic heterocycles. The summed E-state index contributed by atoms with van der Waals surface area (Å²) in [5, 5.41) is 0. The molecule has 4 rings (SSSR count). The minimum atomic E-state index is 0.0521. The van der Waals surface area contributed by atoms with Gasteiger partial charge in [0.05, 0.1) is 16.9 Å². The molecule has 7 nitrogen and oxygen atoms in total. The van der Waals surface area contributed by atoms with Gasteiger partial charge in [-0.05, 0) is 31.0 Å². The zero-order valence-corrected chi connectivity index (χ0v) is 15.1. The standard InChI is InChI=1S/C18H18N6OS/c1-11-17(26-10-23-11)18(25)24-5-3-13(8-24)16-14(7-20-9-22-16)12-2-4-21-15(19)6-12/h2,4,6-7,9-10,13H,3,5,8H2,1H3,(H2,19,21). The molecule has 0 aromatic carbocycles. The van der Waals surface area contributed by atoms with E-state index in [9.17, 15) is 4.79 Å². The number of aryl methyl sites for hydroxylation is 1. The number of carbonyl (C=O) groups is 1. The lowest BCUT2D eigenvalue weighted by Gasteiger charge is -2.17. The zero-order chi connectivity index (χ0) is 18.1. The Labute approximate surface area is 155 Å². The molecule has 1 aliphatic rings. The molecule has 3 aromatic rings. The fraction of sp³-hybridized carbons (Fsp3) is 0.278. The smallest absolute Gasteiger partial charge is 0.265 e. The molecule has 8 heteroatoms. The molecule has 0 radical (unpaired) electrons. The topological polar surface area (TPSA) is 97.9 Å². The Bertz CT molecular complexity index is 956. The van der Waals surface area contributed by atoms with Gasteiger partial charge in [-0.25, -0.2) is 19.9 Å². The second kappa shape index (κ2) is 6.80. The first kappa shape index (κ1) is 16.6. The van der Waals surface area contributed by atoms with E-state index in [0.717, 1.165) is 33.8 Å². The van der Waals surface area contributed by atoms with Crippen LogP contribution in [0.15, 0.2) is 36.4 Å². The van der Waals surface area contributed by atoms with Crippen LogP contribution < -0.4 is 5.73 Å². The van der Waals surface area contributed by atoms with E-state index in [1.165, 1.54) is 11.3 Å². The van der Waals surface area contributed by atoms with Crippen molar-refractivity contribution in [1.29, 1.82) is 0 Å². The molecule has 0 saturated carbocycles. The lowest BCUT2D eigenvalue weighted by Crippen LogP contribution is -2.28. The fourth-order valence-corrected chi connectivity index (χ4v) is 4.09. The number of rotatable bonds is 3. The van der Waals surface area contributed by atoms with E-state index in [2.05, 4.69) is 19.9 Å². The summed E-state index contributed by atoms with van der Waals surface area (Å²) in [6, 6.07) is 3.72. The molecule has 132 valence electrons. The normalized spacial score (nSPS) is 16.8. The summed E-state index contributed by atoms with van der Waals surface area (Å²) in [6.07, 6.45) is 5.91. The van der Waals surface area contributed by atoms with E-state index in [1.54, 1.807) is 24.2 Å². The number of nitrogens with zero attached hydrogens (tertiary/aromatic N) is 5. The number of likely N-dealkylation sites (tertiary alicyclic amines) is 1. The minimum Gasteiger partial charge on any atom is -0.384 e. The number of carbonyl (C=O) groups excluding carboxylic acids is 1. The molecule has 1 aliphatic heterocycles. The van der Waals surface area contributed by atoms with Crippen LogP contribution in [-0.4, -0.2) is 43.8 Å². The number of thiazole rings is 1. The summed E-state index contributed by atoms with van der Waals surface area (Å²) in [7, 11) is 0. The van der Waals surface area contributed by atoms with Crippen LogP contribution in [0.1, 0.15) is 33.4 Å². The van der Waals surface area contributed by atoms with Crippen LogP contribution in [0.3, 0.4) is 0 Å². The van der Waals surface area contributed by atoms with Crippen molar-refractivity contribution in [1.82, 2.24) is 24.8 Å². The summed E-state index contributed by atoms with van der Waals surface area (Å²) < 4.78 is 0. The molecule has 1 saturated heterocycles. The van der Waals surface area contributed by atoms with Crippen LogP contribution in [0.4, 0.5) is 5.82 Å². The number of pyridine rings is 1. The Hall–Kier alpha value is -2.87. The molecule has 26 heavy (non-hydrogen) atoms. The third-order valence-electron chi connectivity index (χ3n) is 4.64. The molecule has 4 heterocycles. The monoisotopic (exact) mass is 366 g/mol. The summed E-state index contributed by atoms with van der Waals surface area (Å²) in [5.41, 5.74) is 11.2. The predicted octanol–water partition coefficient (Wildman–Crippen LogP) is 2.52. The third kappa shape index (κ3) is 3.03. The van der Waals surface area contributed by atoms with Gasteiger partial charge in [0.2, 0.25) is 0 Å². The lowest BCUT2D eigenvalue weighted by atomic mass is 9.96.